The maximum Gasteiger partial charge on any atom is 0.303 e. The zero-order valence-corrected chi connectivity index (χ0v) is 12.7. The van der Waals surface area contributed by atoms with Crippen LogP contribution in [0.3, 0.4) is 0 Å². The van der Waals surface area contributed by atoms with Crippen molar-refractivity contribution >= 4 is 17.6 Å². The van der Waals surface area contributed by atoms with E-state index in [0.29, 0.717) is 18.7 Å². The second-order valence-electron chi connectivity index (χ2n) is 5.76. The highest BCUT2D eigenvalue weighted by Crippen LogP contribution is 2.32. The number of carbonyl (C=O) groups is 2. The first-order chi connectivity index (χ1) is 11.1. The summed E-state index contributed by atoms with van der Waals surface area (Å²) in [7, 11) is 0. The topological polar surface area (TPSA) is 70.5 Å². The highest BCUT2D eigenvalue weighted by Gasteiger charge is 2.29. The average molecular weight is 310 g/mol. The van der Waals surface area contributed by atoms with Gasteiger partial charge in [0.25, 0.3) is 5.91 Å². The molecule has 5 heteroatoms. The molecule has 0 fully saturated rings. The van der Waals surface area contributed by atoms with Crippen molar-refractivity contribution in [3.05, 3.63) is 59.9 Å². The fourth-order valence-corrected chi connectivity index (χ4v) is 3.02. The first kappa shape index (κ1) is 15.2. The molecule has 0 saturated carbocycles. The summed E-state index contributed by atoms with van der Waals surface area (Å²) >= 11 is 0. The number of benzene rings is 1. The number of para-hydroxylation sites is 1. The molecule has 0 saturated heterocycles. The van der Waals surface area contributed by atoms with E-state index >= 15 is 0 Å². The Morgan fingerprint density at radius 2 is 1.96 bits per heavy atom. The van der Waals surface area contributed by atoms with E-state index in [1.165, 1.54) is 0 Å². The van der Waals surface area contributed by atoms with Crippen molar-refractivity contribution in [1.82, 2.24) is 4.98 Å². The van der Waals surface area contributed by atoms with Gasteiger partial charge in [-0.2, -0.15) is 0 Å². The van der Waals surface area contributed by atoms with Crippen molar-refractivity contribution in [3.8, 4) is 0 Å². The van der Waals surface area contributed by atoms with Crippen LogP contribution in [-0.4, -0.2) is 28.5 Å². The number of hydrogen-bond donors (Lipinski definition) is 1. The van der Waals surface area contributed by atoms with Crippen molar-refractivity contribution in [2.45, 2.75) is 19.3 Å². The molecule has 2 aromatic rings. The molecule has 3 rings (SSSR count). The number of rotatable bonds is 4. The van der Waals surface area contributed by atoms with E-state index in [4.69, 9.17) is 5.11 Å². The lowest BCUT2D eigenvalue weighted by Crippen LogP contribution is -2.40. The van der Waals surface area contributed by atoms with Crippen LogP contribution in [0.4, 0.5) is 5.69 Å². The van der Waals surface area contributed by atoms with E-state index in [1.807, 2.05) is 24.3 Å². The number of fused-ring (bicyclic) bond motifs is 1. The third-order valence-corrected chi connectivity index (χ3v) is 4.13. The van der Waals surface area contributed by atoms with Crippen LogP contribution in [0, 0.1) is 5.92 Å². The third kappa shape index (κ3) is 3.39. The molecule has 0 aliphatic carbocycles. The Bertz CT molecular complexity index is 715. The van der Waals surface area contributed by atoms with Crippen molar-refractivity contribution < 1.29 is 14.7 Å². The van der Waals surface area contributed by atoms with Gasteiger partial charge in [-0.3, -0.25) is 14.6 Å². The molecule has 1 atom stereocenters. The molecular formula is C18H18N2O3. The number of carboxylic acids is 1. The molecule has 1 aromatic carbocycles. The Morgan fingerprint density at radius 1 is 1.17 bits per heavy atom. The van der Waals surface area contributed by atoms with Gasteiger partial charge < -0.3 is 10.0 Å². The van der Waals surface area contributed by atoms with Crippen LogP contribution < -0.4 is 4.90 Å². The first-order valence-corrected chi connectivity index (χ1v) is 7.67. The summed E-state index contributed by atoms with van der Waals surface area (Å²) in [5.41, 5.74) is 2.38. The fraction of sp³-hybridized carbons (Fsp3) is 0.278. The zero-order valence-electron chi connectivity index (χ0n) is 12.7. The Labute approximate surface area is 134 Å². The molecule has 0 radical (unpaired) electrons. The summed E-state index contributed by atoms with van der Waals surface area (Å²) in [6.07, 6.45) is 3.09. The molecule has 118 valence electrons. The zero-order chi connectivity index (χ0) is 16.2. The van der Waals surface area contributed by atoms with Crippen LogP contribution in [0.15, 0.2) is 48.7 Å². The van der Waals surface area contributed by atoms with Crippen LogP contribution in [0.2, 0.25) is 0 Å². The van der Waals surface area contributed by atoms with Crippen LogP contribution in [0.25, 0.3) is 0 Å². The summed E-state index contributed by atoms with van der Waals surface area (Å²) in [4.78, 5) is 29.5. The van der Waals surface area contributed by atoms with E-state index in [0.717, 1.165) is 17.7 Å². The Hall–Kier alpha value is -2.69. The van der Waals surface area contributed by atoms with Crippen LogP contribution in [-0.2, 0) is 11.2 Å². The Kier molecular flexibility index (Phi) is 4.37. The predicted molar refractivity (Wildman–Crippen MR) is 86.4 cm³/mol. The fourth-order valence-electron chi connectivity index (χ4n) is 3.02. The van der Waals surface area contributed by atoms with Crippen molar-refractivity contribution in [2.75, 3.05) is 11.4 Å². The van der Waals surface area contributed by atoms with Gasteiger partial charge >= 0.3 is 5.97 Å². The number of aromatic nitrogens is 1. The molecule has 0 spiro atoms. The van der Waals surface area contributed by atoms with Crippen molar-refractivity contribution in [1.29, 1.82) is 0 Å². The van der Waals surface area contributed by atoms with Crippen LogP contribution >= 0.6 is 0 Å². The average Bonchev–Trinajstić information content (AvgIpc) is 2.59. The predicted octanol–water partition coefficient (Wildman–Crippen LogP) is 2.77. The third-order valence-electron chi connectivity index (χ3n) is 4.13. The molecule has 1 aliphatic heterocycles. The molecule has 1 amide bonds. The summed E-state index contributed by atoms with van der Waals surface area (Å²) in [5, 5.41) is 8.90. The molecule has 5 nitrogen and oxygen atoms in total. The van der Waals surface area contributed by atoms with E-state index in [2.05, 4.69) is 4.98 Å². The Balaban J connectivity index is 1.88. The van der Waals surface area contributed by atoms with Crippen LogP contribution in [0.1, 0.15) is 28.9 Å². The lowest BCUT2D eigenvalue weighted by Gasteiger charge is -2.34. The number of anilines is 1. The molecule has 0 bridgehead atoms. The molecule has 1 N–H and O–H groups in total. The first-order valence-electron chi connectivity index (χ1n) is 7.67. The highest BCUT2D eigenvalue weighted by molar-refractivity contribution is 6.05. The number of pyridine rings is 1. The van der Waals surface area contributed by atoms with E-state index in [1.54, 1.807) is 29.3 Å². The van der Waals surface area contributed by atoms with E-state index in [-0.39, 0.29) is 18.2 Å². The minimum atomic E-state index is -0.800. The van der Waals surface area contributed by atoms with Gasteiger partial charge in [-0.05, 0) is 42.5 Å². The number of amides is 1. The second kappa shape index (κ2) is 6.60. The summed E-state index contributed by atoms with van der Waals surface area (Å²) in [6, 6.07) is 13.1. The van der Waals surface area contributed by atoms with Gasteiger partial charge in [-0.25, -0.2) is 0 Å². The minimum Gasteiger partial charge on any atom is -0.481 e. The molecule has 1 unspecified atom stereocenters. The Morgan fingerprint density at radius 3 is 2.70 bits per heavy atom. The largest absolute Gasteiger partial charge is 0.481 e. The van der Waals surface area contributed by atoms with Crippen molar-refractivity contribution in [3.63, 3.8) is 0 Å². The lowest BCUT2D eigenvalue weighted by atomic mass is 9.89. The normalized spacial score (nSPS) is 16.7. The van der Waals surface area contributed by atoms with Crippen LogP contribution in [0.5, 0.6) is 0 Å². The van der Waals surface area contributed by atoms with Gasteiger partial charge in [0.1, 0.15) is 5.69 Å². The molecule has 2 heterocycles. The van der Waals surface area contributed by atoms with Crippen molar-refractivity contribution in [2.24, 2.45) is 5.92 Å². The quantitative estimate of drug-likeness (QED) is 0.942. The number of aliphatic carboxylic acids is 1. The summed E-state index contributed by atoms with van der Waals surface area (Å²) in [5.74, 6) is -0.793. The van der Waals surface area contributed by atoms with E-state index < -0.39 is 5.97 Å². The van der Waals surface area contributed by atoms with Gasteiger partial charge in [-0.1, -0.05) is 24.3 Å². The minimum absolute atomic E-state index is 0.123. The molecule has 1 aromatic heterocycles. The lowest BCUT2D eigenvalue weighted by molar-refractivity contribution is -0.137. The summed E-state index contributed by atoms with van der Waals surface area (Å²) < 4.78 is 0. The van der Waals surface area contributed by atoms with E-state index in [9.17, 15) is 9.59 Å². The smallest absolute Gasteiger partial charge is 0.303 e. The van der Waals surface area contributed by atoms with Gasteiger partial charge in [0.2, 0.25) is 0 Å². The van der Waals surface area contributed by atoms with Gasteiger partial charge in [0.15, 0.2) is 0 Å². The molecular weight excluding hydrogens is 292 g/mol. The summed E-state index contributed by atoms with van der Waals surface area (Å²) in [6.45, 7) is 0.527. The van der Waals surface area contributed by atoms with Gasteiger partial charge in [-0.15, -0.1) is 0 Å². The molecule has 1 aliphatic rings. The second-order valence-corrected chi connectivity index (χ2v) is 5.76. The maximum atomic E-state index is 12.8. The van der Waals surface area contributed by atoms with Gasteiger partial charge in [0, 0.05) is 24.8 Å². The SMILES string of the molecule is O=C(O)CCC1Cc2ccccc2N(C(=O)c2ccccn2)C1. The number of hydrogen-bond acceptors (Lipinski definition) is 3. The molecule has 23 heavy (non-hydrogen) atoms. The highest BCUT2D eigenvalue weighted by atomic mass is 16.4. The van der Waals surface area contributed by atoms with Gasteiger partial charge in [0.05, 0.1) is 0 Å². The monoisotopic (exact) mass is 310 g/mol. The standard InChI is InChI=1S/C18H18N2O3/c21-17(22)9-8-13-11-14-5-1-2-7-16(14)20(12-13)18(23)15-6-3-4-10-19-15/h1-7,10,13H,8-9,11-12H2,(H,21,22). The number of carboxylic acid groups (broad SMARTS) is 1. The maximum absolute atomic E-state index is 12.8. The number of nitrogens with zero attached hydrogens (tertiary/aromatic N) is 2. The number of carbonyl (C=O) groups excluding carboxylic acids is 1.